The van der Waals surface area contributed by atoms with Crippen LogP contribution in [0.1, 0.15) is 43.0 Å². The van der Waals surface area contributed by atoms with Crippen molar-refractivity contribution in [2.75, 3.05) is 62.2 Å². The van der Waals surface area contributed by atoms with Crippen LogP contribution in [0.4, 0.5) is 16.3 Å². The number of aromatic nitrogens is 2. The summed E-state index contributed by atoms with van der Waals surface area (Å²) in [6.45, 7) is 16.0. The van der Waals surface area contributed by atoms with Crippen LogP contribution >= 0.6 is 0 Å². The third-order valence-electron chi connectivity index (χ3n) is 10.1. The average Bonchev–Trinajstić information content (AvgIpc) is 3.59. The molecular weight excluding hydrogens is 614 g/mol. The molecule has 4 aromatic rings. The Morgan fingerprint density at radius 1 is 0.939 bits per heavy atom. The van der Waals surface area contributed by atoms with Gasteiger partial charge in [0.15, 0.2) is 0 Å². The second kappa shape index (κ2) is 15.1. The van der Waals surface area contributed by atoms with E-state index < -0.39 is 0 Å². The Balaban J connectivity index is 1.14. The smallest absolute Gasteiger partial charge is 0.410 e. The molecule has 1 aromatic heterocycles. The van der Waals surface area contributed by atoms with Crippen molar-refractivity contribution >= 4 is 28.4 Å². The zero-order valence-electron chi connectivity index (χ0n) is 28.3. The Labute approximate surface area is 289 Å². The number of amides is 1. The lowest BCUT2D eigenvalue weighted by molar-refractivity contribution is 0.0788. The minimum absolute atomic E-state index is 0.192. The van der Waals surface area contributed by atoms with Gasteiger partial charge in [0.25, 0.3) is 0 Å². The van der Waals surface area contributed by atoms with Crippen LogP contribution in [0.15, 0.2) is 72.8 Å². The number of ether oxygens (including phenoxy) is 2. The van der Waals surface area contributed by atoms with E-state index in [0.29, 0.717) is 44.8 Å². The summed E-state index contributed by atoms with van der Waals surface area (Å²) in [6, 6.07) is 25.1. The second-order valence-electron chi connectivity index (χ2n) is 13.2. The summed E-state index contributed by atoms with van der Waals surface area (Å²) in [5.41, 5.74) is 4.23. The first-order valence-corrected chi connectivity index (χ1v) is 17.7. The zero-order chi connectivity index (χ0) is 33.6. The quantitative estimate of drug-likeness (QED) is 0.187. The number of hydrogen-bond acceptors (Lipinski definition) is 8. The lowest BCUT2D eigenvalue weighted by Gasteiger charge is -2.40. The molecule has 0 bridgehead atoms. The SMILES string of the molecule is [C-]#[N+]C[C@H]1CN(c2nc(OC[C@@H]3CCCN3CCC)nc3c2CCN(c2cccc4ccccc24)C3)CCN1C(=O)OCc1ccccc1. The minimum Gasteiger partial charge on any atom is -0.462 e. The van der Waals surface area contributed by atoms with Gasteiger partial charge < -0.3 is 24.1 Å². The summed E-state index contributed by atoms with van der Waals surface area (Å²) in [5.74, 6) is 0.863. The molecule has 0 aliphatic carbocycles. The van der Waals surface area contributed by atoms with Gasteiger partial charge in [0, 0.05) is 48.9 Å². The van der Waals surface area contributed by atoms with E-state index in [1.165, 1.54) is 22.9 Å². The first-order valence-electron chi connectivity index (χ1n) is 17.7. The summed E-state index contributed by atoms with van der Waals surface area (Å²) in [4.78, 5) is 36.0. The molecule has 4 heterocycles. The van der Waals surface area contributed by atoms with Crippen molar-refractivity contribution in [3.05, 3.63) is 101 Å². The highest BCUT2D eigenvalue weighted by molar-refractivity contribution is 5.94. The first-order chi connectivity index (χ1) is 24.1. The van der Waals surface area contributed by atoms with Crippen LogP contribution < -0.4 is 14.5 Å². The van der Waals surface area contributed by atoms with Crippen LogP contribution in [0, 0.1) is 6.57 Å². The number of rotatable bonds is 10. The number of piperazine rings is 1. The van der Waals surface area contributed by atoms with Crippen LogP contribution in [0.3, 0.4) is 0 Å². The first kappa shape index (κ1) is 32.7. The number of benzene rings is 3. The van der Waals surface area contributed by atoms with Crippen molar-refractivity contribution in [2.24, 2.45) is 0 Å². The Kier molecular flexibility index (Phi) is 10.1. The van der Waals surface area contributed by atoms with Gasteiger partial charge in [-0.1, -0.05) is 73.7 Å². The largest absolute Gasteiger partial charge is 0.462 e. The van der Waals surface area contributed by atoms with Gasteiger partial charge in [0.1, 0.15) is 25.1 Å². The van der Waals surface area contributed by atoms with E-state index in [2.05, 4.69) is 68.9 Å². The van der Waals surface area contributed by atoms with Gasteiger partial charge >= 0.3 is 12.1 Å². The number of carbonyl (C=O) groups is 1. The Morgan fingerprint density at radius 2 is 1.78 bits per heavy atom. The summed E-state index contributed by atoms with van der Waals surface area (Å²) in [5, 5.41) is 2.45. The maximum atomic E-state index is 13.3. The van der Waals surface area contributed by atoms with Crippen molar-refractivity contribution in [2.45, 2.75) is 57.8 Å². The number of likely N-dealkylation sites (tertiary alicyclic amines) is 1. The highest BCUT2D eigenvalue weighted by Gasteiger charge is 2.36. The number of nitrogens with zero attached hydrogens (tertiary/aromatic N) is 7. The topological polar surface area (TPSA) is 78.6 Å². The maximum Gasteiger partial charge on any atom is 0.410 e. The fraction of sp³-hybridized carbons (Fsp3) is 0.436. The molecular formula is C39H45N7O3. The van der Waals surface area contributed by atoms with E-state index in [1.54, 1.807) is 4.90 Å². The molecule has 2 atom stereocenters. The van der Waals surface area contributed by atoms with Gasteiger partial charge in [0.05, 0.1) is 12.2 Å². The van der Waals surface area contributed by atoms with Crippen LogP contribution in [-0.2, 0) is 24.3 Å². The number of anilines is 2. The van der Waals surface area contributed by atoms with Gasteiger partial charge in [-0.05, 0) is 55.8 Å². The molecule has 7 rings (SSSR count). The second-order valence-corrected chi connectivity index (χ2v) is 13.2. The fourth-order valence-electron chi connectivity index (χ4n) is 7.59. The lowest BCUT2D eigenvalue weighted by Crippen LogP contribution is -2.57. The summed E-state index contributed by atoms with van der Waals surface area (Å²) in [6.07, 6.45) is 3.83. The molecule has 3 aliphatic heterocycles. The Morgan fingerprint density at radius 3 is 2.63 bits per heavy atom. The third kappa shape index (κ3) is 7.27. The van der Waals surface area contributed by atoms with E-state index in [1.807, 2.05) is 30.3 Å². The molecule has 3 aromatic carbocycles. The molecule has 0 N–H and O–H groups in total. The summed E-state index contributed by atoms with van der Waals surface area (Å²) >= 11 is 0. The van der Waals surface area contributed by atoms with Gasteiger partial charge in [-0.3, -0.25) is 9.80 Å². The van der Waals surface area contributed by atoms with Crippen LogP contribution in [0.25, 0.3) is 15.6 Å². The van der Waals surface area contributed by atoms with E-state index in [-0.39, 0.29) is 25.3 Å². The summed E-state index contributed by atoms with van der Waals surface area (Å²) < 4.78 is 12.1. The van der Waals surface area contributed by atoms with Gasteiger partial charge in [-0.25, -0.2) is 11.4 Å². The highest BCUT2D eigenvalue weighted by Crippen LogP contribution is 2.35. The standard InChI is InChI=1S/C39H45N7O3/c1-3-19-43-20-10-15-31(43)28-48-38-41-35-26-44(36-17-9-14-30-13-7-8-16-33(30)36)21-18-34(35)37(42-38)45-22-23-46(32(25-45)24-40-2)39(47)49-27-29-11-5-4-6-12-29/h4-9,11-14,16-17,31-32H,3,10,15,18-28H2,1H3/t31-,32-/m0/s1. The molecule has 0 unspecified atom stereocenters. The Hall–Kier alpha value is -4.88. The molecule has 10 nitrogen and oxygen atoms in total. The molecule has 2 saturated heterocycles. The Bertz CT molecular complexity index is 1790. The monoisotopic (exact) mass is 659 g/mol. The van der Waals surface area contributed by atoms with Crippen LogP contribution in [0.2, 0.25) is 0 Å². The molecule has 254 valence electrons. The van der Waals surface area contributed by atoms with Crippen molar-refractivity contribution in [3.8, 4) is 6.01 Å². The maximum absolute atomic E-state index is 13.3. The molecule has 1 amide bonds. The van der Waals surface area contributed by atoms with E-state index >= 15 is 0 Å². The van der Waals surface area contributed by atoms with Crippen LogP contribution in [0.5, 0.6) is 6.01 Å². The zero-order valence-corrected chi connectivity index (χ0v) is 28.3. The van der Waals surface area contributed by atoms with Crippen molar-refractivity contribution in [3.63, 3.8) is 0 Å². The van der Waals surface area contributed by atoms with E-state index in [4.69, 9.17) is 26.0 Å². The number of fused-ring (bicyclic) bond motifs is 2. The molecule has 3 aliphatic rings. The number of hydrogen-bond donors (Lipinski definition) is 0. The van der Waals surface area contributed by atoms with E-state index in [9.17, 15) is 4.79 Å². The van der Waals surface area contributed by atoms with E-state index in [0.717, 1.165) is 61.5 Å². The molecule has 2 fully saturated rings. The number of carbonyl (C=O) groups excluding carboxylic acids is 1. The molecule has 0 radical (unpaired) electrons. The third-order valence-corrected chi connectivity index (χ3v) is 10.1. The van der Waals surface area contributed by atoms with Gasteiger partial charge in [-0.15, -0.1) is 0 Å². The van der Waals surface area contributed by atoms with Gasteiger partial charge in [0.2, 0.25) is 6.54 Å². The molecule has 0 spiro atoms. The lowest BCUT2D eigenvalue weighted by atomic mass is 10.0. The van der Waals surface area contributed by atoms with Crippen molar-refractivity contribution in [1.82, 2.24) is 19.8 Å². The minimum atomic E-state index is -0.384. The molecule has 49 heavy (non-hydrogen) atoms. The summed E-state index contributed by atoms with van der Waals surface area (Å²) in [7, 11) is 0. The average molecular weight is 660 g/mol. The molecule has 0 saturated carbocycles. The van der Waals surface area contributed by atoms with Gasteiger partial charge in [-0.2, -0.15) is 9.97 Å². The highest BCUT2D eigenvalue weighted by atomic mass is 16.6. The van der Waals surface area contributed by atoms with Crippen molar-refractivity contribution in [1.29, 1.82) is 0 Å². The molecule has 10 heteroatoms. The normalized spacial score (nSPS) is 19.5. The fourth-order valence-corrected chi connectivity index (χ4v) is 7.59. The van der Waals surface area contributed by atoms with Crippen molar-refractivity contribution < 1.29 is 14.3 Å². The van der Waals surface area contributed by atoms with Crippen LogP contribution in [-0.4, -0.2) is 90.4 Å². The predicted molar refractivity (Wildman–Crippen MR) is 192 cm³/mol. The predicted octanol–water partition coefficient (Wildman–Crippen LogP) is 6.19.